The van der Waals surface area contributed by atoms with Gasteiger partial charge in [0, 0.05) is 12.2 Å². The van der Waals surface area contributed by atoms with Crippen LogP contribution < -0.4 is 10.6 Å². The first-order valence-electron chi connectivity index (χ1n) is 6.51. The summed E-state index contributed by atoms with van der Waals surface area (Å²) in [6, 6.07) is 7.80. The zero-order chi connectivity index (χ0) is 13.6. The Bertz CT molecular complexity index is 399. The van der Waals surface area contributed by atoms with Crippen molar-refractivity contribution < 1.29 is 4.79 Å². The Hall–Kier alpha value is -1.35. The molecule has 0 bridgehead atoms. The normalized spacial score (nSPS) is 11.3. The minimum atomic E-state index is 0.0104. The summed E-state index contributed by atoms with van der Waals surface area (Å²) in [5, 5.41) is 6.12. The Kier molecular flexibility index (Phi) is 5.35. The maximum Gasteiger partial charge on any atom is 0.238 e. The molecule has 1 aromatic rings. The maximum atomic E-state index is 11.8. The van der Waals surface area contributed by atoms with Crippen LogP contribution in [-0.4, -0.2) is 19.0 Å². The minimum absolute atomic E-state index is 0.0104. The third kappa shape index (κ3) is 4.88. The van der Waals surface area contributed by atoms with E-state index in [1.165, 1.54) is 0 Å². The summed E-state index contributed by atoms with van der Waals surface area (Å²) in [5.74, 6) is 0.0104. The van der Waals surface area contributed by atoms with Gasteiger partial charge in [-0.05, 0) is 30.4 Å². The molecule has 1 aromatic carbocycles. The molecule has 0 fully saturated rings. The lowest BCUT2D eigenvalue weighted by molar-refractivity contribution is -0.115. The Morgan fingerprint density at radius 2 is 1.94 bits per heavy atom. The van der Waals surface area contributed by atoms with E-state index in [0.717, 1.165) is 24.2 Å². The average Bonchev–Trinajstić information content (AvgIpc) is 2.32. The number of carbonyl (C=O) groups is 1. The molecule has 0 radical (unpaired) electrons. The van der Waals surface area contributed by atoms with Crippen LogP contribution in [0.1, 0.15) is 32.8 Å². The molecule has 18 heavy (non-hydrogen) atoms. The number of aryl methyl sites for hydroxylation is 1. The number of para-hydroxylation sites is 1. The SMILES string of the molecule is CCC(C)(C)CNCC(=O)Nc1ccccc1C. The van der Waals surface area contributed by atoms with Gasteiger partial charge in [-0.15, -0.1) is 0 Å². The van der Waals surface area contributed by atoms with Gasteiger partial charge in [0.15, 0.2) is 0 Å². The highest BCUT2D eigenvalue weighted by atomic mass is 16.1. The number of amides is 1. The average molecular weight is 248 g/mol. The van der Waals surface area contributed by atoms with Gasteiger partial charge in [0.2, 0.25) is 5.91 Å². The zero-order valence-electron chi connectivity index (χ0n) is 11.8. The van der Waals surface area contributed by atoms with Gasteiger partial charge >= 0.3 is 0 Å². The fourth-order valence-electron chi connectivity index (χ4n) is 1.55. The van der Waals surface area contributed by atoms with Crippen molar-refractivity contribution in [2.24, 2.45) is 5.41 Å². The van der Waals surface area contributed by atoms with Gasteiger partial charge in [0.05, 0.1) is 6.54 Å². The van der Waals surface area contributed by atoms with Crippen LogP contribution in [0.5, 0.6) is 0 Å². The molecule has 1 amide bonds. The lowest BCUT2D eigenvalue weighted by atomic mass is 9.90. The van der Waals surface area contributed by atoms with Crippen molar-refractivity contribution in [2.75, 3.05) is 18.4 Å². The van der Waals surface area contributed by atoms with Gasteiger partial charge < -0.3 is 10.6 Å². The Morgan fingerprint density at radius 3 is 2.56 bits per heavy atom. The van der Waals surface area contributed by atoms with Crippen LogP contribution in [0.25, 0.3) is 0 Å². The van der Waals surface area contributed by atoms with Gasteiger partial charge in [-0.3, -0.25) is 4.79 Å². The Balaban J connectivity index is 2.37. The second kappa shape index (κ2) is 6.55. The monoisotopic (exact) mass is 248 g/mol. The summed E-state index contributed by atoms with van der Waals surface area (Å²) in [5.41, 5.74) is 2.21. The molecule has 3 nitrogen and oxygen atoms in total. The summed E-state index contributed by atoms with van der Waals surface area (Å²) in [4.78, 5) is 11.8. The summed E-state index contributed by atoms with van der Waals surface area (Å²) >= 11 is 0. The summed E-state index contributed by atoms with van der Waals surface area (Å²) < 4.78 is 0. The first-order chi connectivity index (χ1) is 8.44. The van der Waals surface area contributed by atoms with E-state index in [1.54, 1.807) is 0 Å². The van der Waals surface area contributed by atoms with Gasteiger partial charge in [0.25, 0.3) is 0 Å². The molecule has 100 valence electrons. The molecule has 0 aliphatic carbocycles. The topological polar surface area (TPSA) is 41.1 Å². The molecular formula is C15H24N2O. The van der Waals surface area contributed by atoms with Crippen LogP contribution in [0.4, 0.5) is 5.69 Å². The summed E-state index contributed by atoms with van der Waals surface area (Å²) in [7, 11) is 0. The van der Waals surface area contributed by atoms with Crippen LogP contribution in [0.15, 0.2) is 24.3 Å². The fourth-order valence-corrected chi connectivity index (χ4v) is 1.55. The predicted octanol–water partition coefficient (Wildman–Crippen LogP) is 2.96. The van der Waals surface area contributed by atoms with E-state index in [2.05, 4.69) is 31.4 Å². The second-order valence-electron chi connectivity index (χ2n) is 5.48. The number of nitrogens with one attached hydrogen (secondary N) is 2. The lowest BCUT2D eigenvalue weighted by Crippen LogP contribution is -2.35. The molecule has 0 heterocycles. The van der Waals surface area contributed by atoms with Gasteiger partial charge in [-0.1, -0.05) is 39.0 Å². The molecule has 0 atom stereocenters. The molecule has 0 aromatic heterocycles. The van der Waals surface area contributed by atoms with E-state index in [1.807, 2.05) is 31.2 Å². The van der Waals surface area contributed by atoms with Crippen molar-refractivity contribution in [3.8, 4) is 0 Å². The number of hydrogen-bond donors (Lipinski definition) is 2. The zero-order valence-corrected chi connectivity index (χ0v) is 11.8. The first kappa shape index (κ1) is 14.7. The lowest BCUT2D eigenvalue weighted by Gasteiger charge is -2.22. The van der Waals surface area contributed by atoms with E-state index in [-0.39, 0.29) is 11.3 Å². The highest BCUT2D eigenvalue weighted by Gasteiger charge is 2.14. The van der Waals surface area contributed by atoms with E-state index in [0.29, 0.717) is 6.54 Å². The van der Waals surface area contributed by atoms with Crippen LogP contribution in [0.3, 0.4) is 0 Å². The van der Waals surface area contributed by atoms with Crippen LogP contribution in [0, 0.1) is 12.3 Å². The smallest absolute Gasteiger partial charge is 0.238 e. The third-order valence-electron chi connectivity index (χ3n) is 3.27. The highest BCUT2D eigenvalue weighted by Crippen LogP contribution is 2.17. The summed E-state index contributed by atoms with van der Waals surface area (Å²) in [6.45, 7) is 9.75. The Labute approximate surface area is 110 Å². The van der Waals surface area contributed by atoms with E-state index in [4.69, 9.17) is 0 Å². The van der Waals surface area contributed by atoms with Gasteiger partial charge in [-0.2, -0.15) is 0 Å². The maximum absolute atomic E-state index is 11.8. The first-order valence-corrected chi connectivity index (χ1v) is 6.51. The molecule has 3 heteroatoms. The molecule has 1 rings (SSSR count). The van der Waals surface area contributed by atoms with Crippen molar-refractivity contribution in [1.29, 1.82) is 0 Å². The van der Waals surface area contributed by atoms with Crippen molar-refractivity contribution in [3.63, 3.8) is 0 Å². The summed E-state index contributed by atoms with van der Waals surface area (Å²) in [6.07, 6.45) is 1.10. The molecule has 0 spiro atoms. The standard InChI is InChI=1S/C15H24N2O/c1-5-15(3,4)11-16-10-14(18)17-13-9-7-6-8-12(13)2/h6-9,16H,5,10-11H2,1-4H3,(H,17,18). The third-order valence-corrected chi connectivity index (χ3v) is 3.27. The van der Waals surface area contributed by atoms with E-state index in [9.17, 15) is 4.79 Å². The van der Waals surface area contributed by atoms with Crippen LogP contribution in [0.2, 0.25) is 0 Å². The van der Waals surface area contributed by atoms with Crippen LogP contribution >= 0.6 is 0 Å². The van der Waals surface area contributed by atoms with Crippen molar-refractivity contribution >= 4 is 11.6 Å². The molecule has 0 aliphatic rings. The van der Waals surface area contributed by atoms with Crippen molar-refractivity contribution in [2.45, 2.75) is 34.1 Å². The molecule has 0 aliphatic heterocycles. The molecule has 0 saturated heterocycles. The van der Waals surface area contributed by atoms with Crippen LogP contribution in [-0.2, 0) is 4.79 Å². The van der Waals surface area contributed by atoms with Crippen molar-refractivity contribution in [1.82, 2.24) is 5.32 Å². The van der Waals surface area contributed by atoms with E-state index >= 15 is 0 Å². The second-order valence-corrected chi connectivity index (χ2v) is 5.48. The van der Waals surface area contributed by atoms with Gasteiger partial charge in [-0.25, -0.2) is 0 Å². The minimum Gasteiger partial charge on any atom is -0.325 e. The molecule has 0 unspecified atom stereocenters. The Morgan fingerprint density at radius 1 is 1.28 bits per heavy atom. The number of rotatable bonds is 6. The highest BCUT2D eigenvalue weighted by molar-refractivity contribution is 5.92. The fraction of sp³-hybridized carbons (Fsp3) is 0.533. The van der Waals surface area contributed by atoms with Gasteiger partial charge in [0.1, 0.15) is 0 Å². The quantitative estimate of drug-likeness (QED) is 0.812. The number of anilines is 1. The molecule has 2 N–H and O–H groups in total. The van der Waals surface area contributed by atoms with Crippen molar-refractivity contribution in [3.05, 3.63) is 29.8 Å². The largest absolute Gasteiger partial charge is 0.325 e. The number of carbonyl (C=O) groups excluding carboxylic acids is 1. The number of hydrogen-bond acceptors (Lipinski definition) is 2. The molecule has 0 saturated carbocycles. The molecular weight excluding hydrogens is 224 g/mol. The van der Waals surface area contributed by atoms with E-state index < -0.39 is 0 Å². The predicted molar refractivity (Wildman–Crippen MR) is 76.8 cm³/mol. The number of benzene rings is 1.